The second kappa shape index (κ2) is 8.64. The van der Waals surface area contributed by atoms with Gasteiger partial charge in [0.05, 0.1) is 17.4 Å². The summed E-state index contributed by atoms with van der Waals surface area (Å²) in [5, 5.41) is 12.3. The van der Waals surface area contributed by atoms with E-state index in [2.05, 4.69) is 23.9 Å². The molecule has 1 aromatic rings. The van der Waals surface area contributed by atoms with Gasteiger partial charge in [0.1, 0.15) is 4.90 Å². The molecule has 1 saturated heterocycles. The highest BCUT2D eigenvalue weighted by molar-refractivity contribution is 7.89. The second-order valence-corrected chi connectivity index (χ2v) is 8.35. The Balaban J connectivity index is 2.20. The van der Waals surface area contributed by atoms with Crippen LogP contribution in [0, 0.1) is 5.92 Å². The SMILES string of the molecule is CC(C)CCNc1ccc(C(=O)O)cc1S(=O)(=O)NC[C@@H]1CCCO1. The molecular formula is C17H26N2O5S. The number of hydrogen-bond acceptors (Lipinski definition) is 5. The van der Waals surface area contributed by atoms with E-state index in [9.17, 15) is 13.2 Å². The van der Waals surface area contributed by atoms with Crippen LogP contribution >= 0.6 is 0 Å². The number of benzene rings is 1. The number of sulfonamides is 1. The van der Waals surface area contributed by atoms with E-state index in [1.165, 1.54) is 18.2 Å². The van der Waals surface area contributed by atoms with E-state index in [4.69, 9.17) is 9.84 Å². The van der Waals surface area contributed by atoms with E-state index in [0.717, 1.165) is 19.3 Å². The summed E-state index contributed by atoms with van der Waals surface area (Å²) in [6.07, 6.45) is 2.48. The number of nitrogens with one attached hydrogen (secondary N) is 2. The van der Waals surface area contributed by atoms with Crippen molar-refractivity contribution in [1.29, 1.82) is 0 Å². The maximum atomic E-state index is 12.7. The molecule has 1 aromatic carbocycles. The summed E-state index contributed by atoms with van der Waals surface area (Å²) in [6.45, 7) is 5.60. The molecule has 0 saturated carbocycles. The van der Waals surface area contributed by atoms with Gasteiger partial charge in [-0.1, -0.05) is 13.8 Å². The van der Waals surface area contributed by atoms with Crippen molar-refractivity contribution in [2.24, 2.45) is 5.92 Å². The van der Waals surface area contributed by atoms with E-state index in [1.54, 1.807) is 0 Å². The summed E-state index contributed by atoms with van der Waals surface area (Å²) in [5.74, 6) is -0.687. The Kier molecular flexibility index (Phi) is 6.80. The second-order valence-electron chi connectivity index (χ2n) is 6.61. The first-order valence-electron chi connectivity index (χ1n) is 8.52. The van der Waals surface area contributed by atoms with Crippen molar-refractivity contribution in [3.63, 3.8) is 0 Å². The highest BCUT2D eigenvalue weighted by Gasteiger charge is 2.23. The van der Waals surface area contributed by atoms with Gasteiger partial charge < -0.3 is 15.2 Å². The molecule has 25 heavy (non-hydrogen) atoms. The minimum Gasteiger partial charge on any atom is -0.478 e. The van der Waals surface area contributed by atoms with Gasteiger partial charge >= 0.3 is 5.97 Å². The Bertz CT molecular complexity index is 697. The third-order valence-electron chi connectivity index (χ3n) is 4.08. The number of hydrogen-bond donors (Lipinski definition) is 3. The lowest BCUT2D eigenvalue weighted by Gasteiger charge is -2.16. The number of aromatic carboxylic acids is 1. The molecule has 0 aromatic heterocycles. The molecule has 1 fully saturated rings. The van der Waals surface area contributed by atoms with Crippen LogP contribution in [0.5, 0.6) is 0 Å². The molecule has 1 aliphatic rings. The van der Waals surface area contributed by atoms with Crippen LogP contribution in [0.4, 0.5) is 5.69 Å². The third kappa shape index (κ3) is 5.69. The molecule has 0 amide bonds. The van der Waals surface area contributed by atoms with Gasteiger partial charge in [0.25, 0.3) is 0 Å². The fourth-order valence-electron chi connectivity index (χ4n) is 2.60. The molecule has 7 nitrogen and oxygen atoms in total. The van der Waals surface area contributed by atoms with Crippen LogP contribution in [0.2, 0.25) is 0 Å². The predicted molar refractivity (Wildman–Crippen MR) is 95.5 cm³/mol. The zero-order chi connectivity index (χ0) is 18.4. The highest BCUT2D eigenvalue weighted by Crippen LogP contribution is 2.24. The molecule has 0 bridgehead atoms. The quantitative estimate of drug-likeness (QED) is 0.616. The van der Waals surface area contributed by atoms with E-state index >= 15 is 0 Å². The first-order chi connectivity index (χ1) is 11.8. The van der Waals surface area contributed by atoms with Gasteiger partial charge in [0.15, 0.2) is 0 Å². The molecule has 8 heteroatoms. The monoisotopic (exact) mass is 370 g/mol. The maximum Gasteiger partial charge on any atom is 0.335 e. The van der Waals surface area contributed by atoms with E-state index in [0.29, 0.717) is 24.8 Å². The van der Waals surface area contributed by atoms with E-state index in [1.807, 2.05) is 0 Å². The van der Waals surface area contributed by atoms with Crippen molar-refractivity contribution in [3.8, 4) is 0 Å². The molecule has 0 unspecified atom stereocenters. The summed E-state index contributed by atoms with van der Waals surface area (Å²) in [7, 11) is -3.84. The van der Waals surface area contributed by atoms with Crippen LogP contribution in [0.15, 0.2) is 23.1 Å². The van der Waals surface area contributed by atoms with Crippen molar-refractivity contribution in [2.75, 3.05) is 25.0 Å². The number of carboxylic acid groups (broad SMARTS) is 1. The fraction of sp³-hybridized carbons (Fsp3) is 0.588. The Hall–Kier alpha value is -1.64. The van der Waals surface area contributed by atoms with E-state index in [-0.39, 0.29) is 23.1 Å². The lowest BCUT2D eigenvalue weighted by atomic mass is 10.1. The number of ether oxygens (including phenoxy) is 1. The fourth-order valence-corrected chi connectivity index (χ4v) is 3.88. The topological polar surface area (TPSA) is 105 Å². The Morgan fingerprint density at radius 3 is 2.76 bits per heavy atom. The standard InChI is InChI=1S/C17H26N2O5S/c1-12(2)7-8-18-15-6-5-13(17(20)21)10-16(15)25(22,23)19-11-14-4-3-9-24-14/h5-6,10,12,14,18-19H,3-4,7-9,11H2,1-2H3,(H,20,21)/t14-/m0/s1. The Morgan fingerprint density at radius 2 is 2.16 bits per heavy atom. The zero-order valence-electron chi connectivity index (χ0n) is 14.6. The van der Waals surface area contributed by atoms with Gasteiger partial charge in [-0.15, -0.1) is 0 Å². The van der Waals surface area contributed by atoms with Crippen LogP contribution < -0.4 is 10.0 Å². The van der Waals surface area contributed by atoms with Crippen LogP contribution in [0.1, 0.15) is 43.5 Å². The van der Waals surface area contributed by atoms with Crippen molar-refractivity contribution in [3.05, 3.63) is 23.8 Å². The highest BCUT2D eigenvalue weighted by atomic mass is 32.2. The molecule has 2 rings (SSSR count). The first kappa shape index (κ1) is 19.7. The van der Waals surface area contributed by atoms with Gasteiger partial charge in [0.2, 0.25) is 10.0 Å². The summed E-state index contributed by atoms with van der Waals surface area (Å²) in [5.41, 5.74) is 0.345. The minimum atomic E-state index is -3.84. The van der Waals surface area contributed by atoms with Gasteiger partial charge in [-0.2, -0.15) is 0 Å². The number of anilines is 1. The first-order valence-corrected chi connectivity index (χ1v) is 10.0. The predicted octanol–water partition coefficient (Wildman–Crippen LogP) is 2.30. The van der Waals surface area contributed by atoms with Gasteiger partial charge in [-0.05, 0) is 43.4 Å². The average molecular weight is 370 g/mol. The largest absolute Gasteiger partial charge is 0.478 e. The Labute approximate surface area is 148 Å². The summed E-state index contributed by atoms with van der Waals surface area (Å²) in [6, 6.07) is 4.10. The molecule has 1 aliphatic heterocycles. The molecule has 1 atom stereocenters. The number of carbonyl (C=O) groups is 1. The Morgan fingerprint density at radius 1 is 1.40 bits per heavy atom. The van der Waals surface area contributed by atoms with Crippen LogP contribution in [0.25, 0.3) is 0 Å². The molecule has 3 N–H and O–H groups in total. The maximum absolute atomic E-state index is 12.7. The molecule has 1 heterocycles. The third-order valence-corrected chi connectivity index (χ3v) is 5.54. The van der Waals surface area contributed by atoms with Crippen molar-refractivity contribution < 1.29 is 23.1 Å². The van der Waals surface area contributed by atoms with E-state index < -0.39 is 16.0 Å². The summed E-state index contributed by atoms with van der Waals surface area (Å²) < 4.78 is 33.3. The zero-order valence-corrected chi connectivity index (χ0v) is 15.4. The van der Waals surface area contributed by atoms with Crippen LogP contribution in [0.3, 0.4) is 0 Å². The lowest BCUT2D eigenvalue weighted by molar-refractivity contribution is 0.0696. The molecule has 0 radical (unpaired) electrons. The molecule has 0 spiro atoms. The van der Waals surface area contributed by atoms with Gasteiger partial charge in [-0.3, -0.25) is 0 Å². The average Bonchev–Trinajstić information content (AvgIpc) is 3.06. The van der Waals surface area contributed by atoms with Crippen LogP contribution in [-0.2, 0) is 14.8 Å². The van der Waals surface area contributed by atoms with Crippen molar-refractivity contribution >= 4 is 21.7 Å². The van der Waals surface area contributed by atoms with Crippen LogP contribution in [-0.4, -0.2) is 45.3 Å². The summed E-state index contributed by atoms with van der Waals surface area (Å²) >= 11 is 0. The molecule has 140 valence electrons. The van der Waals surface area contributed by atoms with Crippen molar-refractivity contribution in [2.45, 2.75) is 44.1 Å². The number of rotatable bonds is 9. The van der Waals surface area contributed by atoms with Gasteiger partial charge in [-0.25, -0.2) is 17.9 Å². The molecular weight excluding hydrogens is 344 g/mol. The van der Waals surface area contributed by atoms with Gasteiger partial charge in [0, 0.05) is 19.7 Å². The van der Waals surface area contributed by atoms with Crippen molar-refractivity contribution in [1.82, 2.24) is 4.72 Å². The summed E-state index contributed by atoms with van der Waals surface area (Å²) in [4.78, 5) is 11.2. The normalized spacial score (nSPS) is 17.8. The lowest BCUT2D eigenvalue weighted by Crippen LogP contribution is -2.32. The smallest absolute Gasteiger partial charge is 0.335 e. The minimum absolute atomic E-state index is 0.0471. The number of carboxylic acids is 1. The molecule has 0 aliphatic carbocycles.